The van der Waals surface area contributed by atoms with Crippen LogP contribution in [0.1, 0.15) is 5.76 Å². The van der Waals surface area contributed by atoms with Crippen molar-refractivity contribution in [2.75, 3.05) is 5.32 Å². The van der Waals surface area contributed by atoms with Crippen molar-refractivity contribution in [1.82, 2.24) is 0 Å². The summed E-state index contributed by atoms with van der Waals surface area (Å²) in [5.74, 6) is 0.871. The highest BCUT2D eigenvalue weighted by atomic mass is 35.5. The summed E-state index contributed by atoms with van der Waals surface area (Å²) in [7, 11) is 0. The Labute approximate surface area is 177 Å². The summed E-state index contributed by atoms with van der Waals surface area (Å²) < 4.78 is 7.71. The molecule has 27 heavy (non-hydrogen) atoms. The highest BCUT2D eigenvalue weighted by Crippen LogP contribution is 2.32. The van der Waals surface area contributed by atoms with Crippen molar-refractivity contribution in [3.8, 4) is 11.3 Å². The molecule has 0 fully saturated rings. The Bertz CT molecular complexity index is 1020. The molecule has 0 spiro atoms. The van der Waals surface area contributed by atoms with Crippen molar-refractivity contribution in [1.29, 1.82) is 0 Å². The average molecular weight is 438 g/mol. The summed E-state index contributed by atoms with van der Waals surface area (Å²) >= 11 is 14.1. The van der Waals surface area contributed by atoms with E-state index in [9.17, 15) is 0 Å². The van der Waals surface area contributed by atoms with Gasteiger partial charge in [-0.15, -0.1) is 0 Å². The number of furan rings is 1. The molecule has 0 aliphatic rings. The fourth-order valence-corrected chi connectivity index (χ4v) is 4.16. The van der Waals surface area contributed by atoms with E-state index in [1.807, 2.05) is 54.6 Å². The lowest BCUT2D eigenvalue weighted by molar-refractivity contribution is -0.660. The average Bonchev–Trinajstić information content (AvgIpc) is 3.28. The standard InChI is InChI=1S/C20H14Cl2N2OS.ClH/c21-14-8-9-17(18(22)11-14)19-13-26-20(23-15-5-2-1-3-6-15)24(19)12-16-7-4-10-25-16;/h1-11,13H,12H2;1H. The molecule has 1 N–H and O–H groups in total. The van der Waals surface area contributed by atoms with Gasteiger partial charge in [-0.1, -0.05) is 52.7 Å². The van der Waals surface area contributed by atoms with E-state index in [1.54, 1.807) is 23.7 Å². The molecule has 0 bridgehead atoms. The normalized spacial score (nSPS) is 10.4. The fourth-order valence-electron chi connectivity index (χ4n) is 2.71. The van der Waals surface area contributed by atoms with Gasteiger partial charge in [0.2, 0.25) is 0 Å². The van der Waals surface area contributed by atoms with Gasteiger partial charge in [0, 0.05) is 16.0 Å². The first kappa shape index (κ1) is 19.8. The van der Waals surface area contributed by atoms with Crippen molar-refractivity contribution in [2.45, 2.75) is 6.54 Å². The van der Waals surface area contributed by atoms with Gasteiger partial charge in [-0.25, -0.2) is 9.88 Å². The zero-order chi connectivity index (χ0) is 17.9. The van der Waals surface area contributed by atoms with E-state index in [1.165, 1.54) is 0 Å². The Morgan fingerprint density at radius 3 is 2.52 bits per heavy atom. The number of nitrogens with one attached hydrogen (secondary N) is 1. The number of hydrogen-bond acceptors (Lipinski definition) is 3. The Morgan fingerprint density at radius 1 is 1.00 bits per heavy atom. The molecule has 0 amide bonds. The Balaban J connectivity index is 0.00000210. The molecule has 2 heterocycles. The third-order valence-electron chi connectivity index (χ3n) is 3.94. The van der Waals surface area contributed by atoms with Gasteiger partial charge < -0.3 is 16.8 Å². The Hall–Kier alpha value is -1.98. The molecule has 2 aromatic heterocycles. The SMILES string of the molecule is Clc1ccc(-c2csc(Nc3ccccc3)[n+]2Cc2ccco2)c(Cl)c1.[Cl-]. The van der Waals surface area contributed by atoms with E-state index in [-0.39, 0.29) is 12.4 Å². The number of para-hydroxylation sites is 1. The van der Waals surface area contributed by atoms with Crippen LogP contribution >= 0.6 is 34.5 Å². The van der Waals surface area contributed by atoms with E-state index in [4.69, 9.17) is 27.6 Å². The van der Waals surface area contributed by atoms with Crippen LogP contribution < -0.4 is 22.3 Å². The summed E-state index contributed by atoms with van der Waals surface area (Å²) in [5, 5.41) is 7.80. The molecule has 7 heteroatoms. The van der Waals surface area contributed by atoms with Crippen molar-refractivity contribution >= 4 is 45.4 Å². The molecule has 0 aliphatic carbocycles. The van der Waals surface area contributed by atoms with Gasteiger partial charge in [0.15, 0.2) is 0 Å². The number of rotatable bonds is 5. The second-order valence-electron chi connectivity index (χ2n) is 5.71. The Morgan fingerprint density at radius 2 is 1.81 bits per heavy atom. The van der Waals surface area contributed by atoms with Crippen LogP contribution in [0.5, 0.6) is 0 Å². The summed E-state index contributed by atoms with van der Waals surface area (Å²) in [6, 6.07) is 19.5. The predicted molar refractivity (Wildman–Crippen MR) is 108 cm³/mol. The third kappa shape index (κ3) is 4.47. The van der Waals surface area contributed by atoms with Crippen LogP contribution in [0.3, 0.4) is 0 Å². The van der Waals surface area contributed by atoms with Crippen LogP contribution in [0.25, 0.3) is 11.3 Å². The smallest absolute Gasteiger partial charge is 0.339 e. The van der Waals surface area contributed by atoms with E-state index in [0.717, 1.165) is 27.8 Å². The molecule has 0 saturated carbocycles. The number of nitrogens with zero attached hydrogens (tertiary/aromatic N) is 1. The molecule has 2 aromatic carbocycles. The topological polar surface area (TPSA) is 29.1 Å². The summed E-state index contributed by atoms with van der Waals surface area (Å²) in [4.78, 5) is 0. The molecular formula is C20H15Cl3N2OS. The van der Waals surface area contributed by atoms with Gasteiger partial charge in [-0.3, -0.25) is 0 Å². The zero-order valence-corrected chi connectivity index (χ0v) is 17.1. The molecule has 0 saturated heterocycles. The van der Waals surface area contributed by atoms with E-state index in [0.29, 0.717) is 16.6 Å². The first-order valence-electron chi connectivity index (χ1n) is 8.02. The second-order valence-corrected chi connectivity index (χ2v) is 7.41. The summed E-state index contributed by atoms with van der Waals surface area (Å²) in [6.45, 7) is 0.597. The van der Waals surface area contributed by atoms with Crippen molar-refractivity contribution in [3.63, 3.8) is 0 Å². The van der Waals surface area contributed by atoms with Gasteiger partial charge in [-0.2, -0.15) is 0 Å². The van der Waals surface area contributed by atoms with Gasteiger partial charge in [0.05, 0.1) is 11.3 Å². The lowest BCUT2D eigenvalue weighted by Gasteiger charge is -2.07. The number of hydrogen-bond donors (Lipinski definition) is 1. The second kappa shape index (κ2) is 8.81. The Kier molecular flexibility index (Phi) is 6.45. The minimum atomic E-state index is 0. The fraction of sp³-hybridized carbons (Fsp3) is 0.0500. The van der Waals surface area contributed by atoms with Crippen LogP contribution in [0.2, 0.25) is 10.0 Å². The van der Waals surface area contributed by atoms with Gasteiger partial charge in [0.25, 0.3) is 0 Å². The number of benzene rings is 2. The summed E-state index contributed by atoms with van der Waals surface area (Å²) in [5.41, 5.74) is 2.96. The van der Waals surface area contributed by atoms with E-state index in [2.05, 4.69) is 15.3 Å². The zero-order valence-electron chi connectivity index (χ0n) is 14.0. The number of aromatic nitrogens is 1. The van der Waals surface area contributed by atoms with Crippen molar-refractivity contribution < 1.29 is 21.4 Å². The largest absolute Gasteiger partial charge is 1.00 e. The van der Waals surface area contributed by atoms with Gasteiger partial charge in [0.1, 0.15) is 23.7 Å². The monoisotopic (exact) mass is 436 g/mol. The van der Waals surface area contributed by atoms with Crippen LogP contribution in [-0.4, -0.2) is 0 Å². The molecule has 3 nitrogen and oxygen atoms in total. The first-order valence-corrected chi connectivity index (χ1v) is 9.65. The molecule has 0 radical (unpaired) electrons. The number of halogens is 3. The molecule has 0 unspecified atom stereocenters. The first-order chi connectivity index (χ1) is 12.7. The maximum Gasteiger partial charge on any atom is 0.339 e. The highest BCUT2D eigenvalue weighted by Gasteiger charge is 2.22. The van der Waals surface area contributed by atoms with Crippen LogP contribution in [0.15, 0.2) is 76.7 Å². The minimum absolute atomic E-state index is 0. The van der Waals surface area contributed by atoms with Crippen LogP contribution in [-0.2, 0) is 6.54 Å². The maximum absolute atomic E-state index is 6.45. The van der Waals surface area contributed by atoms with Crippen molar-refractivity contribution in [3.05, 3.63) is 88.1 Å². The van der Waals surface area contributed by atoms with Crippen LogP contribution in [0.4, 0.5) is 10.8 Å². The molecule has 4 aromatic rings. The molecular weight excluding hydrogens is 423 g/mol. The van der Waals surface area contributed by atoms with Crippen LogP contribution in [0, 0.1) is 0 Å². The number of thiazole rings is 1. The molecule has 0 atom stereocenters. The van der Waals surface area contributed by atoms with Crippen molar-refractivity contribution in [2.24, 2.45) is 0 Å². The molecule has 138 valence electrons. The third-order valence-corrected chi connectivity index (χ3v) is 5.38. The van der Waals surface area contributed by atoms with E-state index < -0.39 is 0 Å². The number of anilines is 2. The van der Waals surface area contributed by atoms with Gasteiger partial charge >= 0.3 is 5.13 Å². The maximum atomic E-state index is 6.45. The lowest BCUT2D eigenvalue weighted by Crippen LogP contribution is -3.00. The molecule has 0 aliphatic heterocycles. The van der Waals surface area contributed by atoms with Gasteiger partial charge in [-0.05, 0) is 42.5 Å². The quantitative estimate of drug-likeness (QED) is 0.485. The van der Waals surface area contributed by atoms with E-state index >= 15 is 0 Å². The molecule has 4 rings (SSSR count). The predicted octanol–water partition coefficient (Wildman–Crippen LogP) is 3.40. The summed E-state index contributed by atoms with van der Waals surface area (Å²) in [6.07, 6.45) is 1.68. The highest BCUT2D eigenvalue weighted by molar-refractivity contribution is 7.13. The minimum Gasteiger partial charge on any atom is -1.00 e. The lowest BCUT2D eigenvalue weighted by atomic mass is 10.1.